The first-order valence-electron chi connectivity index (χ1n) is 7.20. The molecule has 2 heteroatoms. The molecule has 100 valence electrons. The lowest BCUT2D eigenvalue weighted by Crippen LogP contribution is -2.15. The summed E-state index contributed by atoms with van der Waals surface area (Å²) in [5.41, 5.74) is 3.45. The number of rotatable bonds is 4. The summed E-state index contributed by atoms with van der Waals surface area (Å²) in [6, 6.07) is 19.5. The smallest absolute Gasteiger partial charge is 0.135 e. The van der Waals surface area contributed by atoms with Gasteiger partial charge in [0.1, 0.15) is 11.3 Å². The first kappa shape index (κ1) is 11.7. The van der Waals surface area contributed by atoms with Crippen LogP contribution in [0.2, 0.25) is 0 Å². The number of nitrogens with one attached hydrogen (secondary N) is 1. The summed E-state index contributed by atoms with van der Waals surface area (Å²) >= 11 is 0. The Morgan fingerprint density at radius 3 is 2.65 bits per heavy atom. The van der Waals surface area contributed by atoms with Crippen LogP contribution in [0.15, 0.2) is 59.0 Å². The number of fused-ring (bicyclic) bond motifs is 1. The van der Waals surface area contributed by atoms with Gasteiger partial charge in [-0.05, 0) is 30.5 Å². The van der Waals surface area contributed by atoms with Gasteiger partial charge in [0.2, 0.25) is 0 Å². The maximum atomic E-state index is 5.99. The molecule has 0 amide bonds. The van der Waals surface area contributed by atoms with E-state index in [0.717, 1.165) is 29.3 Å². The lowest BCUT2D eigenvalue weighted by Gasteiger charge is -2.08. The third-order valence-electron chi connectivity index (χ3n) is 3.87. The average Bonchev–Trinajstić information content (AvgIpc) is 3.22. The fourth-order valence-corrected chi connectivity index (χ4v) is 2.57. The van der Waals surface area contributed by atoms with Crippen LogP contribution in [0.1, 0.15) is 18.4 Å². The predicted molar refractivity (Wildman–Crippen MR) is 81.5 cm³/mol. The molecular formula is C18H17NO. The van der Waals surface area contributed by atoms with Crippen molar-refractivity contribution in [1.82, 2.24) is 5.32 Å². The van der Waals surface area contributed by atoms with Crippen molar-refractivity contribution < 1.29 is 4.42 Å². The van der Waals surface area contributed by atoms with Gasteiger partial charge in [-0.15, -0.1) is 0 Å². The summed E-state index contributed by atoms with van der Waals surface area (Å²) in [5.74, 6) is 0.958. The summed E-state index contributed by atoms with van der Waals surface area (Å²) < 4.78 is 5.99. The Bertz CT molecular complexity index is 707. The summed E-state index contributed by atoms with van der Waals surface area (Å²) in [7, 11) is 0. The van der Waals surface area contributed by atoms with Gasteiger partial charge in [0.05, 0.1) is 0 Å². The Morgan fingerprint density at radius 1 is 1.00 bits per heavy atom. The maximum Gasteiger partial charge on any atom is 0.135 e. The van der Waals surface area contributed by atoms with Gasteiger partial charge in [0.15, 0.2) is 0 Å². The first-order chi connectivity index (χ1) is 9.90. The van der Waals surface area contributed by atoms with Crippen LogP contribution in [-0.4, -0.2) is 6.04 Å². The number of furan rings is 1. The van der Waals surface area contributed by atoms with Gasteiger partial charge in [-0.25, -0.2) is 0 Å². The Morgan fingerprint density at radius 2 is 1.80 bits per heavy atom. The van der Waals surface area contributed by atoms with Gasteiger partial charge in [-0.3, -0.25) is 0 Å². The Balaban J connectivity index is 1.72. The molecular weight excluding hydrogens is 246 g/mol. The Kier molecular flexibility index (Phi) is 2.82. The molecule has 2 aromatic carbocycles. The molecule has 0 saturated heterocycles. The van der Waals surface area contributed by atoms with Crippen molar-refractivity contribution >= 4 is 11.0 Å². The van der Waals surface area contributed by atoms with E-state index in [1.807, 2.05) is 18.2 Å². The molecule has 3 aromatic rings. The molecule has 0 spiro atoms. The zero-order chi connectivity index (χ0) is 13.4. The zero-order valence-corrected chi connectivity index (χ0v) is 11.3. The van der Waals surface area contributed by atoms with Crippen LogP contribution in [0.4, 0.5) is 0 Å². The van der Waals surface area contributed by atoms with Crippen LogP contribution in [0.3, 0.4) is 0 Å². The number of hydrogen-bond acceptors (Lipinski definition) is 2. The fraction of sp³-hybridized carbons (Fsp3) is 0.222. The SMILES string of the molecule is c1ccc(-c2cc3ccccc3o2)c(CNC2CC2)c1. The molecule has 20 heavy (non-hydrogen) atoms. The lowest BCUT2D eigenvalue weighted by atomic mass is 10.0. The van der Waals surface area contributed by atoms with E-state index in [-0.39, 0.29) is 0 Å². The van der Waals surface area contributed by atoms with E-state index >= 15 is 0 Å². The Hall–Kier alpha value is -2.06. The van der Waals surface area contributed by atoms with Crippen molar-refractivity contribution in [2.75, 3.05) is 0 Å². The van der Waals surface area contributed by atoms with Crippen LogP contribution in [-0.2, 0) is 6.54 Å². The van der Waals surface area contributed by atoms with Crippen LogP contribution in [0.25, 0.3) is 22.3 Å². The van der Waals surface area contributed by atoms with E-state index in [2.05, 4.69) is 41.7 Å². The van der Waals surface area contributed by atoms with E-state index in [9.17, 15) is 0 Å². The molecule has 1 saturated carbocycles. The summed E-state index contributed by atoms with van der Waals surface area (Å²) in [6.45, 7) is 0.915. The van der Waals surface area contributed by atoms with Crippen molar-refractivity contribution in [2.45, 2.75) is 25.4 Å². The topological polar surface area (TPSA) is 25.2 Å². The van der Waals surface area contributed by atoms with Crippen LogP contribution in [0.5, 0.6) is 0 Å². The average molecular weight is 263 g/mol. The quantitative estimate of drug-likeness (QED) is 0.757. The summed E-state index contributed by atoms with van der Waals surface area (Å²) in [4.78, 5) is 0. The minimum atomic E-state index is 0.721. The third kappa shape index (κ3) is 2.23. The van der Waals surface area contributed by atoms with Crippen LogP contribution in [0, 0.1) is 0 Å². The number of benzene rings is 2. The lowest BCUT2D eigenvalue weighted by molar-refractivity contribution is 0.627. The molecule has 0 bridgehead atoms. The summed E-state index contributed by atoms with van der Waals surface area (Å²) in [5, 5.41) is 4.73. The monoisotopic (exact) mass is 263 g/mol. The minimum absolute atomic E-state index is 0.721. The second-order valence-electron chi connectivity index (χ2n) is 5.46. The molecule has 0 aliphatic heterocycles. The van der Waals surface area contributed by atoms with Crippen LogP contribution >= 0.6 is 0 Å². The molecule has 1 heterocycles. The second kappa shape index (κ2) is 4.80. The molecule has 0 atom stereocenters. The molecule has 1 fully saturated rings. The number of hydrogen-bond donors (Lipinski definition) is 1. The van der Waals surface area contributed by atoms with E-state index in [1.54, 1.807) is 0 Å². The van der Waals surface area contributed by atoms with Gasteiger partial charge in [0, 0.05) is 23.5 Å². The molecule has 2 nitrogen and oxygen atoms in total. The highest BCUT2D eigenvalue weighted by atomic mass is 16.3. The molecule has 4 rings (SSSR count). The van der Waals surface area contributed by atoms with E-state index in [4.69, 9.17) is 4.42 Å². The standard InChI is InChI=1S/C18H17NO/c1-3-7-16(14(6-1)12-19-15-9-10-15)18-11-13-5-2-4-8-17(13)20-18/h1-8,11,15,19H,9-10,12H2. The Labute approximate surface area is 118 Å². The van der Waals surface area contributed by atoms with Crippen molar-refractivity contribution in [2.24, 2.45) is 0 Å². The normalized spacial score (nSPS) is 14.8. The van der Waals surface area contributed by atoms with Crippen molar-refractivity contribution in [1.29, 1.82) is 0 Å². The summed E-state index contributed by atoms with van der Waals surface area (Å²) in [6.07, 6.45) is 2.62. The van der Waals surface area contributed by atoms with Gasteiger partial charge in [0.25, 0.3) is 0 Å². The van der Waals surface area contributed by atoms with Crippen molar-refractivity contribution in [3.8, 4) is 11.3 Å². The van der Waals surface area contributed by atoms with Crippen molar-refractivity contribution in [3.05, 3.63) is 60.2 Å². The predicted octanol–water partition coefficient (Wildman–Crippen LogP) is 4.35. The minimum Gasteiger partial charge on any atom is -0.456 e. The molecule has 1 aromatic heterocycles. The second-order valence-corrected chi connectivity index (χ2v) is 5.46. The van der Waals surface area contributed by atoms with E-state index < -0.39 is 0 Å². The third-order valence-corrected chi connectivity index (χ3v) is 3.87. The number of para-hydroxylation sites is 1. The van der Waals surface area contributed by atoms with Crippen molar-refractivity contribution in [3.63, 3.8) is 0 Å². The molecule has 1 N–H and O–H groups in total. The molecule has 1 aliphatic rings. The van der Waals surface area contributed by atoms with Gasteiger partial charge < -0.3 is 9.73 Å². The van der Waals surface area contributed by atoms with E-state index in [1.165, 1.54) is 24.0 Å². The van der Waals surface area contributed by atoms with Crippen LogP contribution < -0.4 is 5.32 Å². The van der Waals surface area contributed by atoms with Gasteiger partial charge in [-0.2, -0.15) is 0 Å². The van der Waals surface area contributed by atoms with Gasteiger partial charge >= 0.3 is 0 Å². The van der Waals surface area contributed by atoms with Gasteiger partial charge in [-0.1, -0.05) is 42.5 Å². The first-order valence-corrected chi connectivity index (χ1v) is 7.20. The maximum absolute atomic E-state index is 5.99. The zero-order valence-electron chi connectivity index (χ0n) is 11.3. The van der Waals surface area contributed by atoms with E-state index in [0.29, 0.717) is 0 Å². The molecule has 1 aliphatic carbocycles. The highest BCUT2D eigenvalue weighted by Crippen LogP contribution is 2.30. The molecule has 0 radical (unpaired) electrons. The fourth-order valence-electron chi connectivity index (χ4n) is 2.57. The molecule has 0 unspecified atom stereocenters. The largest absolute Gasteiger partial charge is 0.456 e. The highest BCUT2D eigenvalue weighted by Gasteiger charge is 2.20. The highest BCUT2D eigenvalue weighted by molar-refractivity contribution is 5.83.